The highest BCUT2D eigenvalue weighted by Crippen LogP contribution is 2.36. The monoisotopic (exact) mass is 582 g/mol. The van der Waals surface area contributed by atoms with Gasteiger partial charge in [-0.05, 0) is 31.0 Å². The van der Waals surface area contributed by atoms with Gasteiger partial charge in [0.25, 0.3) is 0 Å². The van der Waals surface area contributed by atoms with Crippen LogP contribution in [-0.2, 0) is 20.6 Å². The number of hydrogen-bond acceptors (Lipinski definition) is 14. The van der Waals surface area contributed by atoms with Crippen LogP contribution in [0.25, 0.3) is 0 Å². The van der Waals surface area contributed by atoms with E-state index in [2.05, 4.69) is 0 Å². The Kier molecular flexibility index (Phi) is 9.69. The lowest BCUT2D eigenvalue weighted by atomic mass is 9.97. The van der Waals surface area contributed by atoms with E-state index in [1.807, 2.05) is 0 Å². The molecule has 41 heavy (non-hydrogen) atoms. The summed E-state index contributed by atoms with van der Waals surface area (Å²) in [4.78, 5) is 12.7. The maximum atomic E-state index is 12.7. The summed E-state index contributed by atoms with van der Waals surface area (Å²) in [7, 11) is 0. The first-order valence-corrected chi connectivity index (χ1v) is 12.9. The number of hydrogen-bond donors (Lipinski definition) is 9. The van der Waals surface area contributed by atoms with Crippen LogP contribution in [-0.4, -0.2) is 120 Å². The third-order valence-corrected chi connectivity index (χ3v) is 7.10. The molecule has 14 heteroatoms. The number of Topliss-reactive ketones (excluding diaryl/α,β-unsaturated/α-hetero) is 1. The predicted molar refractivity (Wildman–Crippen MR) is 136 cm³/mol. The van der Waals surface area contributed by atoms with Gasteiger partial charge in [-0.3, -0.25) is 4.79 Å². The fraction of sp³-hybridized carbons (Fsp3) is 0.519. The first-order valence-electron chi connectivity index (χ1n) is 12.9. The van der Waals surface area contributed by atoms with Crippen molar-refractivity contribution in [3.63, 3.8) is 0 Å². The Hall–Kier alpha value is -3.05. The topological polar surface area (TPSA) is 236 Å². The summed E-state index contributed by atoms with van der Waals surface area (Å²) < 4.78 is 22.2. The minimum absolute atomic E-state index is 0.0706. The lowest BCUT2D eigenvalue weighted by Crippen LogP contribution is -2.64. The van der Waals surface area contributed by atoms with Crippen molar-refractivity contribution in [2.75, 3.05) is 6.61 Å². The number of rotatable bonds is 9. The fourth-order valence-corrected chi connectivity index (χ4v) is 4.70. The van der Waals surface area contributed by atoms with Crippen LogP contribution in [0.15, 0.2) is 36.4 Å². The summed E-state index contributed by atoms with van der Waals surface area (Å²) >= 11 is 0. The molecule has 226 valence electrons. The van der Waals surface area contributed by atoms with Crippen molar-refractivity contribution in [2.24, 2.45) is 0 Å². The van der Waals surface area contributed by atoms with E-state index in [1.54, 1.807) is 12.1 Å². The zero-order valence-corrected chi connectivity index (χ0v) is 21.9. The van der Waals surface area contributed by atoms with Crippen molar-refractivity contribution in [3.8, 4) is 23.0 Å². The van der Waals surface area contributed by atoms with E-state index in [-0.39, 0.29) is 29.9 Å². The van der Waals surface area contributed by atoms with Gasteiger partial charge in [0.05, 0.1) is 12.7 Å². The number of aryl methyl sites for hydroxylation is 1. The highest BCUT2D eigenvalue weighted by molar-refractivity contribution is 6.01. The third kappa shape index (κ3) is 6.72. The average Bonchev–Trinajstić information content (AvgIpc) is 2.93. The number of aliphatic hydroxyl groups excluding tert-OH is 6. The van der Waals surface area contributed by atoms with Gasteiger partial charge >= 0.3 is 0 Å². The number of aliphatic hydroxyl groups is 6. The molecule has 0 aliphatic carbocycles. The van der Waals surface area contributed by atoms with Crippen LogP contribution in [0.5, 0.6) is 23.0 Å². The van der Waals surface area contributed by atoms with Gasteiger partial charge in [0, 0.05) is 18.6 Å². The Labute approximate surface area is 234 Å². The summed E-state index contributed by atoms with van der Waals surface area (Å²) in [5.41, 5.74) is 0.385. The van der Waals surface area contributed by atoms with E-state index in [0.29, 0.717) is 0 Å². The zero-order valence-electron chi connectivity index (χ0n) is 21.9. The minimum Gasteiger partial charge on any atom is -0.508 e. The number of aromatic hydroxyl groups is 3. The maximum absolute atomic E-state index is 12.7. The SMILES string of the molecule is C[C@H]1O[C@H](O[C@H]2[C@H](Oc3cc(O)c(C(=O)CCc4ccc(O)cc4)c(O)c3)O[C@H](CO)[C@@H](O)[C@@H]2O)[C@H](O)[C@H](O)[C@H]1O. The second-order valence-corrected chi connectivity index (χ2v) is 10.0. The second kappa shape index (κ2) is 12.9. The van der Waals surface area contributed by atoms with E-state index in [9.17, 15) is 50.8 Å². The van der Waals surface area contributed by atoms with Crippen LogP contribution in [0.3, 0.4) is 0 Å². The van der Waals surface area contributed by atoms with E-state index in [0.717, 1.165) is 17.7 Å². The van der Waals surface area contributed by atoms with Crippen molar-refractivity contribution in [1.29, 1.82) is 0 Å². The molecular formula is C27H34O14. The molecule has 2 aliphatic rings. The highest BCUT2D eigenvalue weighted by Gasteiger charge is 2.51. The first-order chi connectivity index (χ1) is 19.4. The number of benzene rings is 2. The molecule has 0 aromatic heterocycles. The van der Waals surface area contributed by atoms with Crippen molar-refractivity contribution < 1.29 is 69.7 Å². The van der Waals surface area contributed by atoms with E-state index < -0.39 is 85.3 Å². The number of ether oxygens (including phenoxy) is 4. The lowest BCUT2D eigenvalue weighted by Gasteiger charge is -2.45. The molecule has 2 heterocycles. The molecule has 4 rings (SSSR count). The van der Waals surface area contributed by atoms with Gasteiger partial charge in [-0.25, -0.2) is 0 Å². The van der Waals surface area contributed by atoms with Gasteiger partial charge < -0.3 is 64.9 Å². The van der Waals surface area contributed by atoms with E-state index in [4.69, 9.17) is 18.9 Å². The smallest absolute Gasteiger partial charge is 0.229 e. The molecule has 0 unspecified atom stereocenters. The lowest BCUT2D eigenvalue weighted by molar-refractivity contribution is -0.354. The van der Waals surface area contributed by atoms with Gasteiger partial charge in [-0.15, -0.1) is 0 Å². The number of carbonyl (C=O) groups excluding carboxylic acids is 1. The fourth-order valence-electron chi connectivity index (χ4n) is 4.70. The Bertz CT molecular complexity index is 1170. The molecule has 0 bridgehead atoms. The Morgan fingerprint density at radius 1 is 0.829 bits per heavy atom. The van der Waals surface area contributed by atoms with Crippen molar-refractivity contribution in [3.05, 3.63) is 47.5 Å². The molecule has 2 aromatic carbocycles. The molecule has 2 aromatic rings. The Morgan fingerprint density at radius 2 is 1.46 bits per heavy atom. The third-order valence-electron chi connectivity index (χ3n) is 7.10. The molecule has 0 radical (unpaired) electrons. The van der Waals surface area contributed by atoms with Gasteiger partial charge in [-0.2, -0.15) is 0 Å². The molecular weight excluding hydrogens is 548 g/mol. The summed E-state index contributed by atoms with van der Waals surface area (Å²) in [5, 5.41) is 91.5. The number of ketones is 1. The predicted octanol–water partition coefficient (Wildman–Crippen LogP) is -1.35. The molecule has 10 atom stereocenters. The van der Waals surface area contributed by atoms with Crippen LogP contribution < -0.4 is 4.74 Å². The van der Waals surface area contributed by atoms with Crippen molar-refractivity contribution >= 4 is 5.78 Å². The molecule has 2 aliphatic heterocycles. The van der Waals surface area contributed by atoms with Gasteiger partial charge in [0.2, 0.25) is 6.29 Å². The van der Waals surface area contributed by atoms with Crippen LogP contribution in [0.4, 0.5) is 0 Å². The zero-order chi connectivity index (χ0) is 30.0. The molecule has 9 N–H and O–H groups in total. The van der Waals surface area contributed by atoms with Gasteiger partial charge in [0.1, 0.15) is 65.2 Å². The van der Waals surface area contributed by atoms with Gasteiger partial charge in [0.15, 0.2) is 18.2 Å². The van der Waals surface area contributed by atoms with Crippen LogP contribution >= 0.6 is 0 Å². The standard InChI is InChI=1S/C27H34O14/c1-11-20(33)22(35)24(37)26(38-11)41-25-23(36)21(34)18(10-28)40-27(25)39-14-8-16(31)19(17(32)9-14)15(30)7-4-12-2-5-13(29)6-3-12/h2-3,5-6,8-9,11,18,20-29,31-37H,4,7,10H2,1H3/t11-,18-,20+,21-,22-,23+,24-,25-,26-,27-/m1/s1. The molecule has 14 nitrogen and oxygen atoms in total. The molecule has 2 fully saturated rings. The van der Waals surface area contributed by atoms with Gasteiger partial charge in [-0.1, -0.05) is 12.1 Å². The first kappa shape index (κ1) is 30.9. The van der Waals surface area contributed by atoms with E-state index in [1.165, 1.54) is 19.1 Å². The van der Waals surface area contributed by atoms with E-state index >= 15 is 0 Å². The summed E-state index contributed by atoms with van der Waals surface area (Å²) in [6, 6.07) is 8.22. The number of phenolic OH excluding ortho intramolecular Hbond substituents is 3. The van der Waals surface area contributed by atoms with Crippen LogP contribution in [0, 0.1) is 0 Å². The molecule has 0 spiro atoms. The Morgan fingerprint density at radius 3 is 2.07 bits per heavy atom. The number of phenols is 3. The largest absolute Gasteiger partial charge is 0.508 e. The van der Waals surface area contributed by atoms with Crippen molar-refractivity contribution in [2.45, 2.75) is 81.2 Å². The quantitative estimate of drug-likeness (QED) is 0.156. The average molecular weight is 583 g/mol. The minimum atomic E-state index is -1.77. The highest BCUT2D eigenvalue weighted by atomic mass is 16.8. The van der Waals surface area contributed by atoms with Crippen LogP contribution in [0.2, 0.25) is 0 Å². The molecule has 0 saturated carbocycles. The number of carbonyl (C=O) groups is 1. The second-order valence-electron chi connectivity index (χ2n) is 10.0. The maximum Gasteiger partial charge on any atom is 0.229 e. The molecule has 0 amide bonds. The van der Waals surface area contributed by atoms with Crippen molar-refractivity contribution in [1.82, 2.24) is 0 Å². The molecule has 2 saturated heterocycles. The van der Waals surface area contributed by atoms with Crippen LogP contribution in [0.1, 0.15) is 29.3 Å². The summed E-state index contributed by atoms with van der Waals surface area (Å²) in [6.45, 7) is 0.675. The summed E-state index contributed by atoms with van der Waals surface area (Å²) in [5.74, 6) is -2.00. The Balaban J connectivity index is 1.52. The summed E-state index contributed by atoms with van der Waals surface area (Å²) in [6.07, 6.45) is -15.3. The normalized spacial score (nSPS) is 33.8.